The highest BCUT2D eigenvalue weighted by molar-refractivity contribution is 6.94. The van der Waals surface area contributed by atoms with Crippen molar-refractivity contribution in [3.8, 4) is 33.4 Å². The van der Waals surface area contributed by atoms with Crippen LogP contribution in [0.15, 0.2) is 170 Å². The normalized spacial score (nSPS) is 17.7. The van der Waals surface area contributed by atoms with Crippen LogP contribution >= 0.6 is 0 Å². The van der Waals surface area contributed by atoms with Crippen molar-refractivity contribution in [2.24, 2.45) is 0 Å². The van der Waals surface area contributed by atoms with Gasteiger partial charge in [-0.25, -0.2) is 0 Å². The zero-order chi connectivity index (χ0) is 38.2. The molecule has 1 unspecified atom stereocenters. The van der Waals surface area contributed by atoms with Crippen LogP contribution in [-0.2, 0) is 10.8 Å². The molecule has 9 aromatic carbocycles. The van der Waals surface area contributed by atoms with Crippen LogP contribution in [-0.4, -0.2) is 6.85 Å². The van der Waals surface area contributed by atoms with Gasteiger partial charge in [-0.2, -0.15) is 0 Å². The van der Waals surface area contributed by atoms with Gasteiger partial charge in [-0.1, -0.05) is 159 Å². The van der Waals surface area contributed by atoms with Crippen molar-refractivity contribution in [3.63, 3.8) is 0 Å². The minimum absolute atomic E-state index is 0.0457. The molecule has 58 heavy (non-hydrogen) atoms. The lowest BCUT2D eigenvalue weighted by Gasteiger charge is -2.54. The van der Waals surface area contributed by atoms with E-state index in [-0.39, 0.29) is 17.7 Å². The van der Waals surface area contributed by atoms with E-state index in [4.69, 9.17) is 0 Å². The van der Waals surface area contributed by atoms with Gasteiger partial charge in [0, 0.05) is 39.1 Å². The van der Waals surface area contributed by atoms with Crippen LogP contribution in [0.2, 0.25) is 0 Å². The van der Waals surface area contributed by atoms with E-state index >= 15 is 0 Å². The highest BCUT2D eigenvalue weighted by atomic mass is 15.2. The summed E-state index contributed by atoms with van der Waals surface area (Å²) in [6.07, 6.45) is 0. The Bertz CT molecular complexity index is 3360. The molecule has 0 saturated carbocycles. The molecule has 4 aliphatic heterocycles. The Morgan fingerprint density at radius 3 is 1.98 bits per heavy atom. The highest BCUT2D eigenvalue weighted by Crippen LogP contribution is 2.66. The van der Waals surface area contributed by atoms with Crippen molar-refractivity contribution in [1.82, 2.24) is 0 Å². The Morgan fingerprint density at radius 1 is 0.448 bits per heavy atom. The van der Waals surface area contributed by atoms with Crippen LogP contribution in [0.25, 0.3) is 54.9 Å². The lowest BCUT2D eigenvalue weighted by molar-refractivity contribution is 0.633. The minimum Gasteiger partial charge on any atom is -0.376 e. The Morgan fingerprint density at radius 2 is 1.12 bits per heavy atom. The fourth-order valence-electron chi connectivity index (χ4n) is 12.3. The summed E-state index contributed by atoms with van der Waals surface area (Å²) in [4.78, 5) is 5.45. The largest absolute Gasteiger partial charge is 0.376 e. The maximum absolute atomic E-state index is 2.79. The van der Waals surface area contributed by atoms with Crippen LogP contribution in [0.3, 0.4) is 0 Å². The maximum Gasteiger partial charge on any atom is 0.333 e. The Hall–Kier alpha value is -6.84. The number of nitrogens with zero attached hydrogens (tertiary/aromatic N) is 2. The van der Waals surface area contributed by atoms with E-state index in [0.29, 0.717) is 0 Å². The molecule has 14 rings (SSSR count). The number of para-hydroxylation sites is 1. The van der Waals surface area contributed by atoms with E-state index in [9.17, 15) is 0 Å². The topological polar surface area (TPSA) is 6.48 Å². The molecule has 0 radical (unpaired) electrons. The van der Waals surface area contributed by atoms with Crippen molar-refractivity contribution in [3.05, 3.63) is 198 Å². The summed E-state index contributed by atoms with van der Waals surface area (Å²) >= 11 is 0. The summed E-state index contributed by atoms with van der Waals surface area (Å²) in [6, 6.07) is 64.9. The maximum atomic E-state index is 2.79. The number of fused-ring (bicyclic) bond motifs is 14. The second kappa shape index (κ2) is 10.4. The SMILES string of the molecule is CC1(C)c2cc3ccccc3cc2N2c3cc4ccccc4c4c3B(c3cccc1c32)N1c2cccc3c2C(C)(c2ccccc2-3)c2c(-c3ccccc3)ccc-4c21. The van der Waals surface area contributed by atoms with Gasteiger partial charge in [-0.15, -0.1) is 0 Å². The minimum atomic E-state index is -0.362. The summed E-state index contributed by atoms with van der Waals surface area (Å²) in [7, 11) is 0. The fraction of sp³-hybridized carbons (Fsp3) is 0.0909. The third-order valence-electron chi connectivity index (χ3n) is 14.7. The molecule has 1 aliphatic carbocycles. The van der Waals surface area contributed by atoms with Crippen molar-refractivity contribution >= 4 is 67.8 Å². The second-order valence-corrected chi connectivity index (χ2v) is 17.7. The summed E-state index contributed by atoms with van der Waals surface area (Å²) in [5.74, 6) is 0. The molecule has 5 aliphatic rings. The first-order chi connectivity index (χ1) is 28.4. The number of rotatable bonds is 1. The van der Waals surface area contributed by atoms with Gasteiger partial charge in [0.25, 0.3) is 0 Å². The van der Waals surface area contributed by atoms with Gasteiger partial charge < -0.3 is 9.71 Å². The molecule has 9 aromatic rings. The molecule has 0 aromatic heterocycles. The van der Waals surface area contributed by atoms with Gasteiger partial charge in [0.2, 0.25) is 0 Å². The predicted octanol–water partition coefficient (Wildman–Crippen LogP) is 12.7. The molecule has 0 N–H and O–H groups in total. The Balaban J connectivity index is 1.20. The second-order valence-electron chi connectivity index (χ2n) is 17.7. The van der Waals surface area contributed by atoms with Gasteiger partial charge in [0.05, 0.1) is 5.69 Å². The molecule has 0 saturated heterocycles. The Labute approximate surface area is 338 Å². The molecule has 0 bridgehead atoms. The quantitative estimate of drug-likeness (QED) is 0.155. The van der Waals surface area contributed by atoms with Gasteiger partial charge in [0.1, 0.15) is 0 Å². The fourth-order valence-corrected chi connectivity index (χ4v) is 12.3. The van der Waals surface area contributed by atoms with Crippen LogP contribution in [0.4, 0.5) is 28.4 Å². The first-order valence-electron chi connectivity index (χ1n) is 20.7. The molecular weight excluding hydrogens is 699 g/mol. The third kappa shape index (κ3) is 3.48. The van der Waals surface area contributed by atoms with Crippen molar-refractivity contribution in [2.45, 2.75) is 31.6 Å². The summed E-state index contributed by atoms with van der Waals surface area (Å²) < 4.78 is 0. The van der Waals surface area contributed by atoms with Crippen molar-refractivity contribution < 1.29 is 0 Å². The van der Waals surface area contributed by atoms with Crippen molar-refractivity contribution in [2.75, 3.05) is 9.71 Å². The van der Waals surface area contributed by atoms with E-state index in [1.807, 2.05) is 0 Å². The van der Waals surface area contributed by atoms with Crippen LogP contribution in [0, 0.1) is 0 Å². The van der Waals surface area contributed by atoms with E-state index in [0.717, 1.165) is 0 Å². The van der Waals surface area contributed by atoms with E-state index < -0.39 is 0 Å². The van der Waals surface area contributed by atoms with Crippen LogP contribution in [0.1, 0.15) is 48.6 Å². The summed E-state index contributed by atoms with van der Waals surface area (Å²) in [5.41, 5.74) is 23.7. The number of anilines is 5. The van der Waals surface area contributed by atoms with Gasteiger partial charge in [-0.05, 0) is 119 Å². The molecule has 2 nitrogen and oxygen atoms in total. The van der Waals surface area contributed by atoms with Gasteiger partial charge >= 0.3 is 6.85 Å². The molecule has 1 atom stereocenters. The average Bonchev–Trinajstić information content (AvgIpc) is 3.53. The van der Waals surface area contributed by atoms with E-state index in [1.54, 1.807) is 0 Å². The first kappa shape index (κ1) is 31.3. The number of benzene rings is 9. The Kier molecular flexibility index (Phi) is 5.59. The zero-order valence-corrected chi connectivity index (χ0v) is 32.6. The van der Waals surface area contributed by atoms with Crippen LogP contribution < -0.4 is 20.6 Å². The molecule has 0 spiro atoms. The van der Waals surface area contributed by atoms with Gasteiger partial charge in [0.15, 0.2) is 0 Å². The molecular formula is C55H37BN2. The van der Waals surface area contributed by atoms with E-state index in [1.165, 1.54) is 122 Å². The average molecular weight is 737 g/mol. The number of hydrogen-bond acceptors (Lipinski definition) is 2. The molecule has 3 heteroatoms. The van der Waals surface area contributed by atoms with Crippen molar-refractivity contribution in [1.29, 1.82) is 0 Å². The monoisotopic (exact) mass is 736 g/mol. The summed E-state index contributed by atoms with van der Waals surface area (Å²) in [5, 5.41) is 5.14. The predicted molar refractivity (Wildman–Crippen MR) is 244 cm³/mol. The van der Waals surface area contributed by atoms with E-state index in [2.05, 4.69) is 200 Å². The lowest BCUT2D eigenvalue weighted by atomic mass is 9.41. The van der Waals surface area contributed by atoms with Gasteiger partial charge in [-0.3, -0.25) is 0 Å². The molecule has 0 fully saturated rings. The molecule has 4 heterocycles. The standard InChI is InChI=1S/C55H37BN2/c1-54(2)42-24-14-25-44-53(42)57(46-30-34-18-8-7-17-33(34)29-43(46)54)47-31-35-19-9-10-20-36(35)48-40-28-27-37(32-15-5-4-6-16-32)50-52(40)58(56(44)51(47)48)45-26-13-22-39-38-21-11-12-23-41(38)55(50,3)49(39)45/h4-31H,1-3H3. The molecule has 0 amide bonds. The number of hydrogen-bond donors (Lipinski definition) is 0. The lowest BCUT2D eigenvalue weighted by Crippen LogP contribution is -2.63. The molecule has 270 valence electrons. The van der Waals surface area contributed by atoms with Crippen LogP contribution in [0.5, 0.6) is 0 Å². The summed E-state index contributed by atoms with van der Waals surface area (Å²) in [6.45, 7) is 7.34. The zero-order valence-electron chi connectivity index (χ0n) is 32.6. The highest BCUT2D eigenvalue weighted by Gasteiger charge is 2.56. The third-order valence-corrected chi connectivity index (χ3v) is 14.7. The first-order valence-corrected chi connectivity index (χ1v) is 20.7. The smallest absolute Gasteiger partial charge is 0.333 e.